The zero-order valence-electron chi connectivity index (χ0n) is 8.16. The van der Waals surface area contributed by atoms with Gasteiger partial charge >= 0.3 is 0 Å². The highest BCUT2D eigenvalue weighted by atomic mass is 35.5. The molecule has 0 aromatic heterocycles. The Morgan fingerprint density at radius 3 is 2.71 bits per heavy atom. The Morgan fingerprint density at radius 1 is 1.57 bits per heavy atom. The van der Waals surface area contributed by atoms with Gasteiger partial charge in [0, 0.05) is 17.5 Å². The second-order valence-electron chi connectivity index (χ2n) is 3.36. The molecule has 1 unspecified atom stereocenters. The molecule has 14 heavy (non-hydrogen) atoms. The van der Waals surface area contributed by atoms with E-state index in [9.17, 15) is 10.1 Å². The minimum atomic E-state index is -0.361. The molecular formula is C10H12ClNO2. The number of halogens is 1. The van der Waals surface area contributed by atoms with Gasteiger partial charge in [-0.1, -0.05) is 19.1 Å². The molecule has 3 nitrogen and oxygen atoms in total. The molecule has 0 heterocycles. The van der Waals surface area contributed by atoms with Crippen LogP contribution in [0.15, 0.2) is 18.2 Å². The SMILES string of the molecule is Cc1ccc(C(C)CCl)cc1[N+](=O)[O-]. The molecule has 0 N–H and O–H groups in total. The first kappa shape index (κ1) is 11.0. The lowest BCUT2D eigenvalue weighted by molar-refractivity contribution is -0.385. The molecule has 0 amide bonds. The molecular weight excluding hydrogens is 202 g/mol. The van der Waals surface area contributed by atoms with Crippen molar-refractivity contribution in [2.24, 2.45) is 0 Å². The fraction of sp³-hybridized carbons (Fsp3) is 0.400. The topological polar surface area (TPSA) is 43.1 Å². The maximum Gasteiger partial charge on any atom is 0.272 e. The Kier molecular flexibility index (Phi) is 3.47. The molecule has 0 aliphatic carbocycles. The van der Waals surface area contributed by atoms with Crippen LogP contribution in [0, 0.1) is 17.0 Å². The molecule has 0 aliphatic heterocycles. The van der Waals surface area contributed by atoms with Crippen molar-refractivity contribution in [2.45, 2.75) is 19.8 Å². The number of alkyl halides is 1. The van der Waals surface area contributed by atoms with Gasteiger partial charge in [-0.3, -0.25) is 10.1 Å². The van der Waals surface area contributed by atoms with E-state index < -0.39 is 0 Å². The van der Waals surface area contributed by atoms with Gasteiger partial charge in [-0.05, 0) is 18.4 Å². The molecule has 4 heteroatoms. The van der Waals surface area contributed by atoms with Crippen LogP contribution in [0.2, 0.25) is 0 Å². The minimum Gasteiger partial charge on any atom is -0.258 e. The predicted molar refractivity (Wildman–Crippen MR) is 57.0 cm³/mol. The maximum absolute atomic E-state index is 10.7. The van der Waals surface area contributed by atoms with Crippen LogP contribution in [0.25, 0.3) is 0 Å². The number of aryl methyl sites for hydroxylation is 1. The van der Waals surface area contributed by atoms with E-state index in [1.807, 2.05) is 13.0 Å². The maximum atomic E-state index is 10.7. The van der Waals surface area contributed by atoms with E-state index in [1.165, 1.54) is 0 Å². The summed E-state index contributed by atoms with van der Waals surface area (Å²) in [5.41, 5.74) is 1.76. The summed E-state index contributed by atoms with van der Waals surface area (Å²) in [5.74, 6) is 0.621. The number of hydrogen-bond acceptors (Lipinski definition) is 2. The van der Waals surface area contributed by atoms with Crippen LogP contribution in [0.3, 0.4) is 0 Å². The van der Waals surface area contributed by atoms with Crippen molar-refractivity contribution in [2.75, 3.05) is 5.88 Å². The molecule has 0 bridgehead atoms. The summed E-state index contributed by atoms with van der Waals surface area (Å²) in [7, 11) is 0. The molecule has 0 fully saturated rings. The monoisotopic (exact) mass is 213 g/mol. The first-order valence-electron chi connectivity index (χ1n) is 4.37. The summed E-state index contributed by atoms with van der Waals surface area (Å²) in [5, 5.41) is 10.7. The quantitative estimate of drug-likeness (QED) is 0.440. The normalized spacial score (nSPS) is 12.5. The first-order valence-corrected chi connectivity index (χ1v) is 4.90. The highest BCUT2D eigenvalue weighted by Crippen LogP contribution is 2.24. The lowest BCUT2D eigenvalue weighted by Gasteiger charge is -2.07. The van der Waals surface area contributed by atoms with Crippen LogP contribution in [0.4, 0.5) is 5.69 Å². The second kappa shape index (κ2) is 4.42. The van der Waals surface area contributed by atoms with Gasteiger partial charge in [-0.2, -0.15) is 0 Å². The summed E-state index contributed by atoms with van der Waals surface area (Å²) in [6.07, 6.45) is 0. The highest BCUT2D eigenvalue weighted by molar-refractivity contribution is 6.18. The largest absolute Gasteiger partial charge is 0.272 e. The third-order valence-corrected chi connectivity index (χ3v) is 2.69. The van der Waals surface area contributed by atoms with Gasteiger partial charge in [0.05, 0.1) is 4.92 Å². The number of nitrogens with zero attached hydrogens (tertiary/aromatic N) is 1. The molecule has 1 rings (SSSR count). The first-order chi connectivity index (χ1) is 6.56. The standard InChI is InChI=1S/C10H12ClNO2/c1-7-3-4-9(8(2)6-11)5-10(7)12(13)14/h3-5,8H,6H2,1-2H3. The van der Waals surface area contributed by atoms with E-state index in [0.717, 1.165) is 5.56 Å². The van der Waals surface area contributed by atoms with Crippen molar-refractivity contribution >= 4 is 17.3 Å². The molecule has 1 aromatic carbocycles. The molecule has 0 saturated heterocycles. The van der Waals surface area contributed by atoms with Gasteiger partial charge < -0.3 is 0 Å². The predicted octanol–water partition coefficient (Wildman–Crippen LogP) is 3.25. The summed E-state index contributed by atoms with van der Waals surface area (Å²) >= 11 is 5.69. The van der Waals surface area contributed by atoms with Crippen molar-refractivity contribution in [1.29, 1.82) is 0 Å². The van der Waals surface area contributed by atoms with E-state index in [2.05, 4.69) is 0 Å². The molecule has 0 aliphatic rings. The zero-order chi connectivity index (χ0) is 10.7. The van der Waals surface area contributed by atoms with E-state index in [4.69, 9.17) is 11.6 Å². The lowest BCUT2D eigenvalue weighted by atomic mass is 10.0. The van der Waals surface area contributed by atoms with Gasteiger partial charge in [0.25, 0.3) is 5.69 Å². The Bertz CT molecular complexity index is 352. The molecule has 1 aromatic rings. The summed E-state index contributed by atoms with van der Waals surface area (Å²) in [6, 6.07) is 5.24. The highest BCUT2D eigenvalue weighted by Gasteiger charge is 2.13. The van der Waals surface area contributed by atoms with Crippen LogP contribution < -0.4 is 0 Å². The van der Waals surface area contributed by atoms with Crippen molar-refractivity contribution in [3.8, 4) is 0 Å². The van der Waals surface area contributed by atoms with Gasteiger partial charge in [-0.15, -0.1) is 11.6 Å². The van der Waals surface area contributed by atoms with Crippen LogP contribution in [0.1, 0.15) is 24.0 Å². The summed E-state index contributed by atoms with van der Waals surface area (Å²) in [4.78, 5) is 10.3. The van der Waals surface area contributed by atoms with E-state index in [1.54, 1.807) is 19.1 Å². The fourth-order valence-corrected chi connectivity index (χ4v) is 1.40. The fourth-order valence-electron chi connectivity index (χ4n) is 1.22. The summed E-state index contributed by atoms with van der Waals surface area (Å²) in [6.45, 7) is 3.68. The Morgan fingerprint density at radius 2 is 2.21 bits per heavy atom. The number of hydrogen-bond donors (Lipinski definition) is 0. The number of rotatable bonds is 3. The third kappa shape index (κ3) is 2.23. The number of nitro benzene ring substituents is 1. The average molecular weight is 214 g/mol. The van der Waals surface area contributed by atoms with Gasteiger partial charge in [0.15, 0.2) is 0 Å². The van der Waals surface area contributed by atoms with Crippen molar-refractivity contribution < 1.29 is 4.92 Å². The Hall–Kier alpha value is -1.09. The lowest BCUT2D eigenvalue weighted by Crippen LogP contribution is -1.98. The van der Waals surface area contributed by atoms with Crippen LogP contribution in [0.5, 0.6) is 0 Å². The van der Waals surface area contributed by atoms with Crippen LogP contribution in [-0.4, -0.2) is 10.8 Å². The zero-order valence-corrected chi connectivity index (χ0v) is 8.91. The number of benzene rings is 1. The van der Waals surface area contributed by atoms with Crippen LogP contribution in [-0.2, 0) is 0 Å². The van der Waals surface area contributed by atoms with Gasteiger partial charge in [0.2, 0.25) is 0 Å². The molecule has 1 atom stereocenters. The number of nitro groups is 1. The smallest absolute Gasteiger partial charge is 0.258 e. The van der Waals surface area contributed by atoms with Crippen molar-refractivity contribution in [1.82, 2.24) is 0 Å². The van der Waals surface area contributed by atoms with Gasteiger partial charge in [0.1, 0.15) is 0 Å². The van der Waals surface area contributed by atoms with Crippen molar-refractivity contribution in [3.05, 3.63) is 39.4 Å². The van der Waals surface area contributed by atoms with Gasteiger partial charge in [-0.25, -0.2) is 0 Å². The third-order valence-electron chi connectivity index (χ3n) is 2.23. The average Bonchev–Trinajstić information content (AvgIpc) is 2.17. The Balaban J connectivity index is 3.12. The van der Waals surface area contributed by atoms with E-state index >= 15 is 0 Å². The van der Waals surface area contributed by atoms with E-state index in [-0.39, 0.29) is 16.5 Å². The van der Waals surface area contributed by atoms with E-state index in [0.29, 0.717) is 11.4 Å². The van der Waals surface area contributed by atoms with Crippen LogP contribution >= 0.6 is 11.6 Å². The summed E-state index contributed by atoms with van der Waals surface area (Å²) < 4.78 is 0. The minimum absolute atomic E-state index is 0.149. The van der Waals surface area contributed by atoms with Crippen molar-refractivity contribution in [3.63, 3.8) is 0 Å². The molecule has 76 valence electrons. The molecule has 0 saturated carbocycles. The Labute approximate surface area is 87.8 Å². The molecule has 0 spiro atoms. The molecule has 0 radical (unpaired) electrons. The second-order valence-corrected chi connectivity index (χ2v) is 3.67.